The lowest BCUT2D eigenvalue weighted by Crippen LogP contribution is -2.49. The van der Waals surface area contributed by atoms with Crippen molar-refractivity contribution in [1.82, 2.24) is 9.21 Å². The van der Waals surface area contributed by atoms with Gasteiger partial charge in [-0.3, -0.25) is 9.69 Å². The Morgan fingerprint density at radius 2 is 1.30 bits per heavy atom. The van der Waals surface area contributed by atoms with E-state index >= 15 is 0 Å². The molecule has 1 fully saturated rings. The number of nitrogens with zero attached hydrogens (tertiary/aromatic N) is 2. The summed E-state index contributed by atoms with van der Waals surface area (Å²) in [5.74, 6) is -0.718. The van der Waals surface area contributed by atoms with Gasteiger partial charge in [-0.25, -0.2) is 12.8 Å². The fourth-order valence-electron chi connectivity index (χ4n) is 4.88. The van der Waals surface area contributed by atoms with E-state index in [-0.39, 0.29) is 22.7 Å². The third-order valence-electron chi connectivity index (χ3n) is 6.93. The molecule has 1 aliphatic rings. The van der Waals surface area contributed by atoms with E-state index < -0.39 is 10.0 Å². The lowest BCUT2D eigenvalue weighted by Gasteiger charge is -2.39. The van der Waals surface area contributed by atoms with Crippen molar-refractivity contribution in [2.75, 3.05) is 31.5 Å². The minimum absolute atomic E-state index is 0.0484. The van der Waals surface area contributed by atoms with Gasteiger partial charge in [0.15, 0.2) is 0 Å². The van der Waals surface area contributed by atoms with Crippen molar-refractivity contribution in [2.45, 2.75) is 10.9 Å². The molecule has 4 aromatic rings. The maximum atomic E-state index is 13.4. The molecule has 0 bridgehead atoms. The van der Waals surface area contributed by atoms with E-state index in [0.717, 1.165) is 0 Å². The topological polar surface area (TPSA) is 69.7 Å². The number of benzene rings is 4. The van der Waals surface area contributed by atoms with Crippen LogP contribution >= 0.6 is 0 Å². The number of hydrogen-bond donors (Lipinski definition) is 1. The van der Waals surface area contributed by atoms with Crippen molar-refractivity contribution in [2.24, 2.45) is 0 Å². The van der Waals surface area contributed by atoms with E-state index in [1.165, 1.54) is 45.8 Å². The number of anilines is 1. The Morgan fingerprint density at radius 3 is 1.85 bits per heavy atom. The van der Waals surface area contributed by atoms with Gasteiger partial charge in [0, 0.05) is 37.9 Å². The second kappa shape index (κ2) is 12.4. The molecule has 4 aromatic carbocycles. The molecule has 1 saturated heterocycles. The highest BCUT2D eigenvalue weighted by Crippen LogP contribution is 2.30. The van der Waals surface area contributed by atoms with Gasteiger partial charge < -0.3 is 5.32 Å². The number of halogens is 1. The number of sulfonamides is 1. The molecule has 5 rings (SSSR count). The van der Waals surface area contributed by atoms with Gasteiger partial charge in [0.1, 0.15) is 5.82 Å². The minimum Gasteiger partial charge on any atom is -0.323 e. The number of carbonyl (C=O) groups excluding carboxylic acids is 1. The number of nitrogens with one attached hydrogen (secondary N) is 1. The summed E-state index contributed by atoms with van der Waals surface area (Å²) in [6.07, 6.45) is 2.92. The number of hydrogen-bond acceptors (Lipinski definition) is 4. The molecule has 1 amide bonds. The normalized spacial score (nSPS) is 14.9. The molecule has 0 saturated carbocycles. The highest BCUT2D eigenvalue weighted by Gasteiger charge is 2.32. The molecule has 0 unspecified atom stereocenters. The van der Waals surface area contributed by atoms with Crippen molar-refractivity contribution >= 4 is 27.7 Å². The smallest absolute Gasteiger partial charge is 0.248 e. The zero-order valence-electron chi connectivity index (χ0n) is 21.9. The molecule has 8 heteroatoms. The van der Waals surface area contributed by atoms with Crippen molar-refractivity contribution in [3.63, 3.8) is 0 Å². The van der Waals surface area contributed by atoms with Crippen LogP contribution in [0.25, 0.3) is 6.08 Å². The first-order chi connectivity index (χ1) is 19.4. The second-order valence-corrected chi connectivity index (χ2v) is 11.5. The third kappa shape index (κ3) is 6.54. The Hall–Kier alpha value is -4.11. The SMILES string of the molecule is O=C(/C=C/c1ccc(F)cc1)Nc1ccc(S(=O)(=O)N2CCN(C(c3ccccc3)c3ccccc3)CC2)cc1. The molecule has 1 heterocycles. The summed E-state index contributed by atoms with van der Waals surface area (Å²) < 4.78 is 41.4. The Bertz CT molecular complexity index is 1510. The third-order valence-corrected chi connectivity index (χ3v) is 8.84. The van der Waals surface area contributed by atoms with Crippen LogP contribution < -0.4 is 5.32 Å². The van der Waals surface area contributed by atoms with Gasteiger partial charge in [-0.1, -0.05) is 72.8 Å². The van der Waals surface area contributed by atoms with E-state index in [4.69, 9.17) is 0 Å². The van der Waals surface area contributed by atoms with E-state index in [9.17, 15) is 17.6 Å². The lowest BCUT2D eigenvalue weighted by molar-refractivity contribution is -0.111. The maximum absolute atomic E-state index is 13.4. The first-order valence-corrected chi connectivity index (χ1v) is 14.5. The van der Waals surface area contributed by atoms with Crippen LogP contribution in [0.2, 0.25) is 0 Å². The first kappa shape index (κ1) is 27.5. The van der Waals surface area contributed by atoms with Crippen molar-refractivity contribution in [1.29, 1.82) is 0 Å². The fourth-order valence-corrected chi connectivity index (χ4v) is 6.30. The Labute approximate surface area is 234 Å². The first-order valence-electron chi connectivity index (χ1n) is 13.1. The van der Waals surface area contributed by atoms with E-state index in [1.807, 2.05) is 36.4 Å². The molecule has 0 spiro atoms. The largest absolute Gasteiger partial charge is 0.323 e. The summed E-state index contributed by atoms with van der Waals surface area (Å²) in [7, 11) is -3.69. The van der Waals surface area contributed by atoms with Crippen LogP contribution in [-0.4, -0.2) is 49.7 Å². The summed E-state index contributed by atoms with van der Waals surface area (Å²) in [6.45, 7) is 1.96. The highest BCUT2D eigenvalue weighted by molar-refractivity contribution is 7.89. The van der Waals surface area contributed by atoms with Crippen LogP contribution in [0.5, 0.6) is 0 Å². The van der Waals surface area contributed by atoms with E-state index in [2.05, 4.69) is 34.5 Å². The minimum atomic E-state index is -3.69. The molecule has 1 N–H and O–H groups in total. The van der Waals surface area contributed by atoms with Gasteiger partial charge in [-0.05, 0) is 59.2 Å². The standard InChI is InChI=1S/C32H30FN3O3S/c33-28-14-11-25(12-15-28)13-20-31(37)34-29-16-18-30(19-17-29)40(38,39)36-23-21-35(22-24-36)32(26-7-3-1-4-8-26)27-9-5-2-6-10-27/h1-20,32H,21-24H2,(H,34,37)/b20-13+. The molecular weight excluding hydrogens is 525 g/mol. The van der Waals surface area contributed by atoms with Gasteiger partial charge in [-0.2, -0.15) is 4.31 Å². The molecule has 6 nitrogen and oxygen atoms in total. The summed E-state index contributed by atoms with van der Waals surface area (Å²) in [4.78, 5) is 14.8. The summed E-state index contributed by atoms with van der Waals surface area (Å²) in [5.41, 5.74) is 3.52. The van der Waals surface area contributed by atoms with Gasteiger partial charge in [0.25, 0.3) is 0 Å². The molecule has 204 valence electrons. The van der Waals surface area contributed by atoms with Crippen LogP contribution in [0.1, 0.15) is 22.7 Å². The van der Waals surface area contributed by atoms with Crippen molar-refractivity contribution in [3.8, 4) is 0 Å². The number of rotatable bonds is 8. The molecule has 0 aliphatic carbocycles. The Balaban J connectivity index is 1.22. The van der Waals surface area contributed by atoms with Gasteiger partial charge >= 0.3 is 0 Å². The Morgan fingerprint density at radius 1 is 0.750 bits per heavy atom. The predicted octanol–water partition coefficient (Wildman–Crippen LogP) is 5.57. The van der Waals surface area contributed by atoms with Gasteiger partial charge in [0.2, 0.25) is 15.9 Å². The average molecular weight is 556 g/mol. The molecule has 40 heavy (non-hydrogen) atoms. The fraction of sp³-hybridized carbons (Fsp3) is 0.156. The van der Waals surface area contributed by atoms with Crippen molar-refractivity contribution < 1.29 is 17.6 Å². The van der Waals surface area contributed by atoms with Crippen LogP contribution in [0.4, 0.5) is 10.1 Å². The zero-order valence-corrected chi connectivity index (χ0v) is 22.7. The average Bonchev–Trinajstić information content (AvgIpc) is 2.99. The van der Waals surface area contributed by atoms with Crippen molar-refractivity contribution in [3.05, 3.63) is 138 Å². The second-order valence-electron chi connectivity index (χ2n) is 9.56. The van der Waals surface area contributed by atoms with Crippen LogP contribution in [-0.2, 0) is 14.8 Å². The van der Waals surface area contributed by atoms with Gasteiger partial charge in [0.05, 0.1) is 10.9 Å². The van der Waals surface area contributed by atoms with E-state index in [0.29, 0.717) is 37.4 Å². The lowest BCUT2D eigenvalue weighted by atomic mass is 9.96. The number of piperazine rings is 1. The van der Waals surface area contributed by atoms with Crippen LogP contribution in [0.3, 0.4) is 0 Å². The number of carbonyl (C=O) groups is 1. The summed E-state index contributed by atoms with van der Waals surface area (Å²) >= 11 is 0. The van der Waals surface area contributed by atoms with E-state index in [1.54, 1.807) is 30.3 Å². The quantitative estimate of drug-likeness (QED) is 0.289. The highest BCUT2D eigenvalue weighted by atomic mass is 32.2. The molecule has 0 radical (unpaired) electrons. The maximum Gasteiger partial charge on any atom is 0.248 e. The van der Waals surface area contributed by atoms with Crippen LogP contribution in [0.15, 0.2) is 120 Å². The van der Waals surface area contributed by atoms with Gasteiger partial charge in [-0.15, -0.1) is 0 Å². The zero-order chi connectivity index (χ0) is 28.0. The number of amides is 1. The molecule has 0 aromatic heterocycles. The summed E-state index contributed by atoms with van der Waals surface area (Å²) in [5, 5.41) is 2.72. The predicted molar refractivity (Wildman–Crippen MR) is 156 cm³/mol. The molecule has 0 atom stereocenters. The Kier molecular flexibility index (Phi) is 8.50. The molecule has 1 aliphatic heterocycles. The molecular formula is C32H30FN3O3S. The van der Waals surface area contributed by atoms with Crippen LogP contribution in [0, 0.1) is 5.82 Å². The summed E-state index contributed by atoms with van der Waals surface area (Å²) in [6, 6.07) is 32.6. The monoisotopic (exact) mass is 555 g/mol.